The number of para-hydroxylation sites is 1. The minimum Gasteiger partial charge on any atom is -0.486 e. The number of benzene rings is 1. The summed E-state index contributed by atoms with van der Waals surface area (Å²) in [5, 5.41) is 0. The van der Waals surface area contributed by atoms with E-state index in [9.17, 15) is 4.79 Å². The molecule has 0 aromatic heterocycles. The third-order valence-corrected chi connectivity index (χ3v) is 3.94. The summed E-state index contributed by atoms with van der Waals surface area (Å²) in [4.78, 5) is 14.7. The number of hydrogen-bond acceptors (Lipinski definition) is 3. The van der Waals surface area contributed by atoms with Gasteiger partial charge in [-0.05, 0) is 25.0 Å². The number of halogens is 1. The molecule has 1 amide bonds. The summed E-state index contributed by atoms with van der Waals surface area (Å²) < 4.78 is 11.2. The first-order chi connectivity index (χ1) is 10.2. The van der Waals surface area contributed by atoms with Gasteiger partial charge >= 0.3 is 0 Å². The zero-order chi connectivity index (χ0) is 15.2. The number of rotatable bonds is 6. The number of hydrogen-bond donors (Lipinski definition) is 0. The highest BCUT2D eigenvalue weighted by Gasteiger charge is 2.27. The van der Waals surface area contributed by atoms with Crippen molar-refractivity contribution in [3.8, 4) is 11.5 Å². The van der Waals surface area contributed by atoms with Crippen LogP contribution in [0.2, 0.25) is 0 Å². The van der Waals surface area contributed by atoms with Crippen LogP contribution in [0.4, 0.5) is 0 Å². The van der Waals surface area contributed by atoms with Gasteiger partial charge in [-0.2, -0.15) is 0 Å². The smallest absolute Gasteiger partial charge is 0.258 e. The fourth-order valence-electron chi connectivity index (χ4n) is 2.67. The van der Waals surface area contributed by atoms with Crippen LogP contribution in [0.25, 0.3) is 0 Å². The Morgan fingerprint density at radius 1 is 1.29 bits per heavy atom. The maximum Gasteiger partial charge on any atom is 0.258 e. The third-order valence-electron chi connectivity index (χ3n) is 3.77. The summed E-state index contributed by atoms with van der Waals surface area (Å²) in [6.07, 6.45) is 1.82. The summed E-state index contributed by atoms with van der Waals surface area (Å²) in [6, 6.07) is 5.64. The Hall–Kier alpha value is -1.42. The lowest BCUT2D eigenvalue weighted by Gasteiger charge is -2.31. The quantitative estimate of drug-likeness (QED) is 0.756. The van der Waals surface area contributed by atoms with Gasteiger partial charge in [0.2, 0.25) is 0 Å². The molecule has 0 unspecified atom stereocenters. The van der Waals surface area contributed by atoms with Crippen LogP contribution in [0.1, 0.15) is 37.0 Å². The maximum absolute atomic E-state index is 12.9. The topological polar surface area (TPSA) is 38.8 Å². The lowest BCUT2D eigenvalue weighted by atomic mass is 10.1. The predicted molar refractivity (Wildman–Crippen MR) is 83.6 cm³/mol. The van der Waals surface area contributed by atoms with Crippen LogP contribution in [0.5, 0.6) is 11.5 Å². The molecule has 4 nitrogen and oxygen atoms in total. The SMILES string of the molecule is CCC(CC)N(CCCl)C(=O)c1cccc2c1OCCO2. The van der Waals surface area contributed by atoms with Crippen LogP contribution in [0.3, 0.4) is 0 Å². The van der Waals surface area contributed by atoms with Crippen LogP contribution in [-0.4, -0.2) is 42.5 Å². The monoisotopic (exact) mass is 311 g/mol. The highest BCUT2D eigenvalue weighted by Crippen LogP contribution is 2.34. The van der Waals surface area contributed by atoms with Crippen molar-refractivity contribution in [1.82, 2.24) is 4.90 Å². The molecule has 0 fully saturated rings. The largest absolute Gasteiger partial charge is 0.486 e. The van der Waals surface area contributed by atoms with Gasteiger partial charge in [-0.1, -0.05) is 19.9 Å². The van der Waals surface area contributed by atoms with Gasteiger partial charge in [0, 0.05) is 18.5 Å². The first-order valence-corrected chi connectivity index (χ1v) is 8.01. The molecule has 1 aromatic carbocycles. The van der Waals surface area contributed by atoms with Crippen LogP contribution in [0, 0.1) is 0 Å². The molecule has 0 saturated heterocycles. The standard InChI is InChI=1S/C16H22ClNO3/c1-3-12(4-2)18(9-8-17)16(19)13-6-5-7-14-15(13)21-11-10-20-14/h5-7,12H,3-4,8-11H2,1-2H3. The lowest BCUT2D eigenvalue weighted by Crippen LogP contribution is -2.41. The number of nitrogens with zero attached hydrogens (tertiary/aromatic N) is 1. The van der Waals surface area contributed by atoms with Crippen LogP contribution < -0.4 is 9.47 Å². The van der Waals surface area contributed by atoms with Crippen LogP contribution >= 0.6 is 11.6 Å². The molecule has 2 rings (SSSR count). The van der Waals surface area contributed by atoms with Crippen LogP contribution in [-0.2, 0) is 0 Å². The van der Waals surface area contributed by atoms with E-state index in [2.05, 4.69) is 13.8 Å². The van der Waals surface area contributed by atoms with Gasteiger partial charge in [0.1, 0.15) is 13.2 Å². The molecule has 1 aliphatic heterocycles. The Bertz CT molecular complexity index is 488. The van der Waals surface area contributed by atoms with Crippen molar-refractivity contribution in [3.63, 3.8) is 0 Å². The Balaban J connectivity index is 2.32. The number of ether oxygens (including phenoxy) is 2. The second kappa shape index (κ2) is 7.55. The molecule has 0 atom stereocenters. The average molecular weight is 312 g/mol. The van der Waals surface area contributed by atoms with Crippen molar-refractivity contribution in [1.29, 1.82) is 0 Å². The average Bonchev–Trinajstić information content (AvgIpc) is 2.54. The number of carbonyl (C=O) groups is 1. The maximum atomic E-state index is 12.9. The van der Waals surface area contributed by atoms with Crippen molar-refractivity contribution in [2.45, 2.75) is 32.7 Å². The van der Waals surface area contributed by atoms with Gasteiger partial charge in [0.05, 0.1) is 5.56 Å². The van der Waals surface area contributed by atoms with Gasteiger partial charge in [-0.3, -0.25) is 4.79 Å². The number of amides is 1. The summed E-state index contributed by atoms with van der Waals surface area (Å²) in [6.45, 7) is 5.70. The zero-order valence-electron chi connectivity index (χ0n) is 12.6. The molecule has 0 bridgehead atoms. The first-order valence-electron chi connectivity index (χ1n) is 7.48. The van der Waals surface area contributed by atoms with E-state index < -0.39 is 0 Å². The summed E-state index contributed by atoms with van der Waals surface area (Å²) in [5.41, 5.74) is 0.559. The van der Waals surface area contributed by atoms with E-state index in [4.69, 9.17) is 21.1 Å². The molecule has 1 heterocycles. The summed E-state index contributed by atoms with van der Waals surface area (Å²) in [7, 11) is 0. The number of fused-ring (bicyclic) bond motifs is 1. The van der Waals surface area contributed by atoms with Gasteiger partial charge in [-0.15, -0.1) is 11.6 Å². The molecule has 0 N–H and O–H groups in total. The summed E-state index contributed by atoms with van der Waals surface area (Å²) in [5.74, 6) is 1.59. The van der Waals surface area contributed by atoms with Crippen molar-refractivity contribution in [3.05, 3.63) is 23.8 Å². The molecule has 21 heavy (non-hydrogen) atoms. The molecule has 0 spiro atoms. The molecule has 5 heteroatoms. The zero-order valence-corrected chi connectivity index (χ0v) is 13.4. The van der Waals surface area contributed by atoms with E-state index in [0.717, 1.165) is 12.8 Å². The van der Waals surface area contributed by atoms with Crippen LogP contribution in [0.15, 0.2) is 18.2 Å². The molecule has 1 aliphatic rings. The molecule has 0 saturated carbocycles. The van der Waals surface area contributed by atoms with E-state index in [1.54, 1.807) is 6.07 Å². The van der Waals surface area contributed by atoms with Gasteiger partial charge in [0.15, 0.2) is 11.5 Å². The molecule has 1 aromatic rings. The second-order valence-corrected chi connectivity index (χ2v) is 5.37. The van der Waals surface area contributed by atoms with Gasteiger partial charge < -0.3 is 14.4 Å². The third kappa shape index (κ3) is 3.43. The van der Waals surface area contributed by atoms with E-state index in [1.807, 2.05) is 17.0 Å². The summed E-state index contributed by atoms with van der Waals surface area (Å²) >= 11 is 5.88. The minimum absolute atomic E-state index is 0.0355. The van der Waals surface area contributed by atoms with Gasteiger partial charge in [0.25, 0.3) is 5.91 Å². The molecular formula is C16H22ClNO3. The predicted octanol–water partition coefficient (Wildman–Crippen LogP) is 3.33. The van der Waals surface area contributed by atoms with E-state index in [-0.39, 0.29) is 11.9 Å². The Kier molecular flexibility index (Phi) is 5.74. The first kappa shape index (κ1) is 16.0. The second-order valence-electron chi connectivity index (χ2n) is 4.99. The van der Waals surface area contributed by atoms with Crippen molar-refractivity contribution < 1.29 is 14.3 Å². The highest BCUT2D eigenvalue weighted by atomic mass is 35.5. The molecule has 116 valence electrons. The van der Waals surface area contributed by atoms with Gasteiger partial charge in [-0.25, -0.2) is 0 Å². The van der Waals surface area contributed by atoms with Crippen molar-refractivity contribution in [2.75, 3.05) is 25.6 Å². The van der Waals surface area contributed by atoms with E-state index in [1.165, 1.54) is 0 Å². The Labute approximate surface area is 131 Å². The molecule has 0 radical (unpaired) electrons. The molecular weight excluding hydrogens is 290 g/mol. The minimum atomic E-state index is -0.0355. The molecule has 0 aliphatic carbocycles. The Morgan fingerprint density at radius 3 is 2.67 bits per heavy atom. The van der Waals surface area contributed by atoms with Crippen molar-refractivity contribution in [2.24, 2.45) is 0 Å². The number of alkyl halides is 1. The number of carbonyl (C=O) groups excluding carboxylic acids is 1. The highest BCUT2D eigenvalue weighted by molar-refractivity contribution is 6.18. The van der Waals surface area contributed by atoms with Crippen molar-refractivity contribution >= 4 is 17.5 Å². The van der Waals surface area contributed by atoms with E-state index in [0.29, 0.717) is 42.7 Å². The van der Waals surface area contributed by atoms with E-state index >= 15 is 0 Å². The Morgan fingerprint density at radius 2 is 2.00 bits per heavy atom. The fraction of sp³-hybridized carbons (Fsp3) is 0.562. The fourth-order valence-corrected chi connectivity index (χ4v) is 2.85. The normalized spacial score (nSPS) is 13.3. The lowest BCUT2D eigenvalue weighted by molar-refractivity contribution is 0.0671.